The zero-order chi connectivity index (χ0) is 60.0. The summed E-state index contributed by atoms with van der Waals surface area (Å²) >= 11 is 0. The Hall–Kier alpha value is -8.35. The Labute approximate surface area is 493 Å². The summed E-state index contributed by atoms with van der Waals surface area (Å²) in [5.41, 5.74) is 10.2. The number of aromatic nitrogens is 3. The number of halogens is 1. The van der Waals surface area contributed by atoms with Crippen LogP contribution < -0.4 is 36.6 Å². The lowest BCUT2D eigenvalue weighted by atomic mass is 9.92. The Bertz CT molecular complexity index is 3450. The SMILES string of the molecule is COc1cc(N2CCN(CCOCCOCCOCCN(C(=O)C3CCCN(c4cncc5ccccc45)C3)c3ccc(=O)n(CC(=O)O)c3)CC2)ccc1-c1cc(C2=CCCN(C(=O)CCN(N)/C=C\N)C2)c(F)c2[nH]c(C(=O)N(C)C)cc12. The molecule has 3 aliphatic rings. The third kappa shape index (κ3) is 15.1. The van der Waals surface area contributed by atoms with Crippen molar-refractivity contribution in [3.63, 3.8) is 0 Å². The van der Waals surface area contributed by atoms with E-state index < -0.39 is 23.9 Å². The summed E-state index contributed by atoms with van der Waals surface area (Å²) in [6.45, 7) is 7.89. The van der Waals surface area contributed by atoms with Gasteiger partial charge in [0.25, 0.3) is 11.5 Å². The van der Waals surface area contributed by atoms with E-state index >= 15 is 4.39 Å². The van der Waals surface area contributed by atoms with Crippen molar-refractivity contribution in [1.29, 1.82) is 0 Å². The molecule has 6 N–H and O–H groups in total. The number of fused-ring (bicyclic) bond motifs is 2. The van der Waals surface area contributed by atoms with Gasteiger partial charge >= 0.3 is 5.97 Å². The monoisotopic (exact) mass is 1170 g/mol. The number of anilines is 3. The summed E-state index contributed by atoms with van der Waals surface area (Å²) < 4.78 is 41.6. The number of nitrogens with one attached hydrogen (secondary N) is 1. The van der Waals surface area contributed by atoms with Crippen LogP contribution in [0.5, 0.6) is 5.75 Å². The van der Waals surface area contributed by atoms with Gasteiger partial charge in [0.1, 0.15) is 18.0 Å². The van der Waals surface area contributed by atoms with E-state index in [2.05, 4.69) is 30.7 Å². The van der Waals surface area contributed by atoms with Crippen LogP contribution in [-0.2, 0) is 35.1 Å². The third-order valence-corrected chi connectivity index (χ3v) is 15.8. The number of nitrogens with two attached hydrogens (primary N) is 2. The van der Waals surface area contributed by atoms with Gasteiger partial charge in [-0.1, -0.05) is 30.3 Å². The van der Waals surface area contributed by atoms with Crippen LogP contribution in [0.15, 0.2) is 109 Å². The quantitative estimate of drug-likeness (QED) is 0.0309. The highest BCUT2D eigenvalue weighted by molar-refractivity contribution is 6.05. The molecule has 452 valence electrons. The van der Waals surface area contributed by atoms with Gasteiger partial charge in [0.05, 0.1) is 75.8 Å². The summed E-state index contributed by atoms with van der Waals surface area (Å²) in [5, 5.41) is 13.4. The summed E-state index contributed by atoms with van der Waals surface area (Å²) in [6.07, 6.45) is 12.0. The second-order valence-electron chi connectivity index (χ2n) is 21.6. The first-order valence-electron chi connectivity index (χ1n) is 28.8. The first kappa shape index (κ1) is 61.2. The highest BCUT2D eigenvalue weighted by Crippen LogP contribution is 2.42. The molecule has 1 unspecified atom stereocenters. The third-order valence-electron chi connectivity index (χ3n) is 15.8. The van der Waals surface area contributed by atoms with Gasteiger partial charge in [0, 0.05) is 162 Å². The van der Waals surface area contributed by atoms with Gasteiger partial charge < -0.3 is 68.8 Å². The normalized spacial score (nSPS) is 15.8. The van der Waals surface area contributed by atoms with Crippen molar-refractivity contribution in [2.45, 2.75) is 32.2 Å². The Morgan fingerprint density at radius 3 is 2.36 bits per heavy atom. The number of hydrogen-bond acceptors (Lipinski definition) is 16. The number of aromatic amines is 1. The van der Waals surface area contributed by atoms with Gasteiger partial charge in [-0.05, 0) is 60.7 Å². The molecule has 2 fully saturated rings. The first-order valence-corrected chi connectivity index (χ1v) is 28.8. The van der Waals surface area contributed by atoms with Gasteiger partial charge in [-0.3, -0.25) is 33.9 Å². The largest absolute Gasteiger partial charge is 0.496 e. The van der Waals surface area contributed by atoms with Crippen molar-refractivity contribution >= 4 is 68.0 Å². The van der Waals surface area contributed by atoms with Crippen LogP contribution >= 0.6 is 0 Å². The van der Waals surface area contributed by atoms with Crippen molar-refractivity contribution in [2.24, 2.45) is 17.5 Å². The molecular formula is C62H77FN12O10. The number of pyridine rings is 2. The summed E-state index contributed by atoms with van der Waals surface area (Å²) in [4.78, 5) is 84.2. The maximum atomic E-state index is 16.8. The molecule has 0 radical (unpaired) electrons. The van der Waals surface area contributed by atoms with Crippen LogP contribution in [0.3, 0.4) is 0 Å². The van der Waals surface area contributed by atoms with Crippen molar-refractivity contribution < 1.29 is 47.6 Å². The Kier molecular flexibility index (Phi) is 20.9. The fourth-order valence-electron chi connectivity index (χ4n) is 11.3. The van der Waals surface area contributed by atoms with Gasteiger partial charge in [-0.25, -0.2) is 10.2 Å². The summed E-state index contributed by atoms with van der Waals surface area (Å²) in [7, 11) is 4.89. The smallest absolute Gasteiger partial charge is 0.323 e. The summed E-state index contributed by atoms with van der Waals surface area (Å²) in [5.74, 6) is 3.91. The van der Waals surface area contributed by atoms with E-state index in [9.17, 15) is 29.1 Å². The van der Waals surface area contributed by atoms with Crippen LogP contribution in [0.25, 0.3) is 38.4 Å². The zero-order valence-corrected chi connectivity index (χ0v) is 48.6. The Morgan fingerprint density at radius 1 is 0.847 bits per heavy atom. The van der Waals surface area contributed by atoms with Gasteiger partial charge in [-0.2, -0.15) is 0 Å². The number of hydrogen-bond donors (Lipinski definition) is 4. The maximum absolute atomic E-state index is 16.8. The maximum Gasteiger partial charge on any atom is 0.323 e. The first-order chi connectivity index (χ1) is 41.2. The number of methoxy groups -OCH3 is 1. The number of amides is 3. The molecule has 6 aromatic rings. The molecule has 0 bridgehead atoms. The topological polar surface area (TPSA) is 251 Å². The van der Waals surface area contributed by atoms with Crippen molar-refractivity contribution in [3.8, 4) is 16.9 Å². The lowest BCUT2D eigenvalue weighted by Crippen LogP contribution is -2.47. The number of ether oxygens (including phenoxy) is 4. The van der Waals surface area contributed by atoms with Crippen LogP contribution in [0, 0.1) is 11.7 Å². The number of H-pyrrole nitrogens is 1. The average molecular weight is 1170 g/mol. The molecular weight excluding hydrogens is 1090 g/mol. The van der Waals surface area contributed by atoms with E-state index in [0.29, 0.717) is 85.9 Å². The fourth-order valence-corrected chi connectivity index (χ4v) is 11.3. The van der Waals surface area contributed by atoms with Crippen molar-refractivity contribution in [3.05, 3.63) is 131 Å². The second kappa shape index (κ2) is 29.0. The van der Waals surface area contributed by atoms with E-state index in [-0.39, 0.29) is 74.1 Å². The minimum Gasteiger partial charge on any atom is -0.496 e. The molecule has 1 atom stereocenters. The van der Waals surface area contributed by atoms with Crippen molar-refractivity contribution in [1.82, 2.24) is 34.2 Å². The molecule has 3 aliphatic heterocycles. The zero-order valence-electron chi connectivity index (χ0n) is 48.6. The molecule has 6 heterocycles. The van der Waals surface area contributed by atoms with Gasteiger partial charge in [-0.15, -0.1) is 0 Å². The van der Waals surface area contributed by atoms with Gasteiger partial charge in [0.2, 0.25) is 11.8 Å². The number of hydrazine groups is 1. The lowest BCUT2D eigenvalue weighted by Gasteiger charge is -2.36. The van der Waals surface area contributed by atoms with Crippen LogP contribution in [-0.4, -0.2) is 196 Å². The molecule has 3 amide bonds. The number of carboxylic acids is 1. The van der Waals surface area contributed by atoms with Crippen LogP contribution in [0.4, 0.5) is 21.5 Å². The lowest BCUT2D eigenvalue weighted by molar-refractivity contribution is -0.137. The van der Waals surface area contributed by atoms with E-state index in [1.807, 2.05) is 54.9 Å². The Balaban J connectivity index is 0.737. The number of carbonyl (C=O) groups excluding carboxylic acids is 3. The molecule has 2 saturated heterocycles. The number of rotatable bonds is 26. The second-order valence-corrected chi connectivity index (χ2v) is 21.6. The number of piperidine rings is 1. The molecule has 0 spiro atoms. The van der Waals surface area contributed by atoms with E-state index in [1.165, 1.54) is 34.6 Å². The molecule has 85 heavy (non-hydrogen) atoms. The van der Waals surface area contributed by atoms with E-state index in [1.54, 1.807) is 49.2 Å². The highest BCUT2D eigenvalue weighted by atomic mass is 19.1. The Morgan fingerprint density at radius 2 is 1.61 bits per heavy atom. The molecule has 3 aromatic heterocycles. The standard InChI is InChI=1S/C62H77FN12O10/c1-68(2)62(81)53-36-52-51(35-50(59(63)60(52)67-53)44-9-6-19-72(39-44)57(77)16-20-74(65)21-17-64)49-14-12-46(34-55(49)82-3)70-24-22-69(23-25-70)26-28-83-30-32-85-33-31-84-29-27-75(47-13-15-56(76)73(41-47)42-58(78)79)61(80)45-10-7-18-71(40-45)54-38-66-37-43-8-4-5-11-48(43)54/h4-5,8-9,11-15,17,21,34-38,41,45,67H,6-7,10,16,18-20,22-33,39-40,42,64-65H2,1-3H3,(H,78,79)/b21-17-. The molecule has 3 aromatic carbocycles. The molecule has 22 nitrogen and oxygen atoms in total. The minimum atomic E-state index is -1.17. The number of nitrogens with zero attached hydrogens (tertiary/aromatic N) is 9. The molecule has 23 heteroatoms. The summed E-state index contributed by atoms with van der Waals surface area (Å²) in [6, 6.07) is 20.4. The van der Waals surface area contributed by atoms with Crippen molar-refractivity contribution in [2.75, 3.05) is 148 Å². The number of carboxylic acid groups (broad SMARTS) is 1. The number of piperazine rings is 1. The average Bonchev–Trinajstić information content (AvgIpc) is 4.23. The van der Waals surface area contributed by atoms with Gasteiger partial charge in [0.15, 0.2) is 5.82 Å². The number of carbonyl (C=O) groups is 4. The highest BCUT2D eigenvalue weighted by Gasteiger charge is 2.32. The molecule has 9 rings (SSSR count). The molecule has 0 saturated carbocycles. The molecule has 0 aliphatic carbocycles. The minimum absolute atomic E-state index is 0.113. The van der Waals surface area contributed by atoms with E-state index in [4.69, 9.17) is 30.5 Å². The van der Waals surface area contributed by atoms with Crippen LogP contribution in [0.1, 0.15) is 41.7 Å². The predicted molar refractivity (Wildman–Crippen MR) is 325 cm³/mol. The number of aliphatic carboxylic acids is 1. The fraction of sp³-hybridized carbons (Fsp3) is 0.419. The predicted octanol–water partition coefficient (Wildman–Crippen LogP) is 5.21. The van der Waals surface area contributed by atoms with E-state index in [0.717, 1.165) is 78.0 Å². The van der Waals surface area contributed by atoms with Crippen LogP contribution in [0.2, 0.25) is 0 Å². The number of benzene rings is 3.